The van der Waals surface area contributed by atoms with Gasteiger partial charge < -0.3 is 10.1 Å². The fourth-order valence-electron chi connectivity index (χ4n) is 2.80. The third-order valence-electron chi connectivity index (χ3n) is 3.92. The molecule has 1 aromatic carbocycles. The molecule has 2 rings (SSSR count). The van der Waals surface area contributed by atoms with E-state index in [4.69, 9.17) is 11.6 Å². The van der Waals surface area contributed by atoms with Crippen molar-refractivity contribution >= 4 is 11.6 Å². The second-order valence-corrected chi connectivity index (χ2v) is 6.19. The van der Waals surface area contributed by atoms with Gasteiger partial charge in [-0.1, -0.05) is 31.4 Å². The van der Waals surface area contributed by atoms with Gasteiger partial charge in [0.25, 0.3) is 0 Å². The largest absolute Gasteiger partial charge is 0.434 e. The lowest BCUT2D eigenvalue weighted by Crippen LogP contribution is -2.29. The van der Waals surface area contributed by atoms with Gasteiger partial charge >= 0.3 is 6.61 Å². The Labute approximate surface area is 123 Å². The first-order valence-electron chi connectivity index (χ1n) is 6.92. The minimum atomic E-state index is -2.82. The van der Waals surface area contributed by atoms with Crippen molar-refractivity contribution < 1.29 is 13.5 Å². The highest BCUT2D eigenvalue weighted by Gasteiger charge is 2.27. The molecule has 1 fully saturated rings. The monoisotopic (exact) mass is 303 g/mol. The number of nitrogens with one attached hydrogen (secondary N) is 1. The second-order valence-electron chi connectivity index (χ2n) is 5.75. The van der Waals surface area contributed by atoms with Gasteiger partial charge in [0.1, 0.15) is 5.75 Å². The number of ether oxygens (including phenoxy) is 1. The lowest BCUT2D eigenvalue weighted by molar-refractivity contribution is -0.0505. The molecule has 0 saturated heterocycles. The molecule has 0 amide bonds. The summed E-state index contributed by atoms with van der Waals surface area (Å²) < 4.78 is 29.2. The molecule has 0 spiro atoms. The average Bonchev–Trinajstić information content (AvgIpc) is 2.79. The Kier molecular flexibility index (Phi) is 5.22. The maximum absolute atomic E-state index is 12.4. The smallest absolute Gasteiger partial charge is 0.387 e. The van der Waals surface area contributed by atoms with Crippen LogP contribution in [0.3, 0.4) is 0 Å². The first kappa shape index (κ1) is 15.5. The molecule has 0 aromatic heterocycles. The molecular weight excluding hydrogens is 284 g/mol. The van der Waals surface area contributed by atoms with Gasteiger partial charge in [0, 0.05) is 23.7 Å². The van der Waals surface area contributed by atoms with Gasteiger partial charge in [-0.15, -0.1) is 0 Å². The summed E-state index contributed by atoms with van der Waals surface area (Å²) in [4.78, 5) is 0. The van der Waals surface area contributed by atoms with E-state index in [-0.39, 0.29) is 5.75 Å². The fraction of sp³-hybridized carbons (Fsp3) is 0.600. The number of benzene rings is 1. The molecule has 1 saturated carbocycles. The third-order valence-corrected chi connectivity index (χ3v) is 4.15. The molecule has 1 aromatic rings. The molecule has 0 bridgehead atoms. The van der Waals surface area contributed by atoms with Gasteiger partial charge in [0.2, 0.25) is 0 Å². The maximum Gasteiger partial charge on any atom is 0.387 e. The summed E-state index contributed by atoms with van der Waals surface area (Å²) >= 11 is 5.92. The Morgan fingerprint density at radius 2 is 2.05 bits per heavy atom. The minimum Gasteiger partial charge on any atom is -0.434 e. The van der Waals surface area contributed by atoms with E-state index in [2.05, 4.69) is 17.0 Å². The van der Waals surface area contributed by atoms with Crippen LogP contribution >= 0.6 is 11.6 Å². The van der Waals surface area contributed by atoms with Gasteiger partial charge in [-0.05, 0) is 36.5 Å². The van der Waals surface area contributed by atoms with Crippen molar-refractivity contribution in [2.24, 2.45) is 5.41 Å². The summed E-state index contributed by atoms with van der Waals surface area (Å²) in [6.45, 7) is 0.815. The molecule has 0 unspecified atom stereocenters. The van der Waals surface area contributed by atoms with Gasteiger partial charge in [0.15, 0.2) is 0 Å². The molecule has 1 N–H and O–H groups in total. The van der Waals surface area contributed by atoms with Crippen LogP contribution in [0, 0.1) is 5.41 Å². The molecule has 0 aliphatic heterocycles. The topological polar surface area (TPSA) is 21.3 Å². The zero-order chi connectivity index (χ0) is 14.6. The van der Waals surface area contributed by atoms with E-state index in [1.165, 1.54) is 31.7 Å². The summed E-state index contributed by atoms with van der Waals surface area (Å²) in [7, 11) is 0. The standard InChI is InChI=1S/C15H20ClF2NO/c1-15(6-2-3-7-15)10-19-9-11-8-12(16)4-5-13(11)20-14(17)18/h4-5,8,14,19H,2-3,6-7,9-10H2,1H3. The molecule has 0 atom stereocenters. The molecule has 0 radical (unpaired) electrons. The van der Waals surface area contributed by atoms with E-state index >= 15 is 0 Å². The van der Waals surface area contributed by atoms with Crippen LogP contribution < -0.4 is 10.1 Å². The van der Waals surface area contributed by atoms with Crippen LogP contribution in [0.1, 0.15) is 38.2 Å². The summed E-state index contributed by atoms with van der Waals surface area (Å²) in [5, 5.41) is 3.87. The van der Waals surface area contributed by atoms with Crippen LogP contribution in [0.15, 0.2) is 18.2 Å². The van der Waals surface area contributed by atoms with Gasteiger partial charge in [-0.2, -0.15) is 8.78 Å². The molecular formula is C15H20ClF2NO. The van der Waals surface area contributed by atoms with Crippen LogP contribution in [-0.2, 0) is 6.54 Å². The Hall–Kier alpha value is -0.870. The molecule has 1 aliphatic rings. The maximum atomic E-state index is 12.4. The first-order valence-corrected chi connectivity index (χ1v) is 7.30. The quantitative estimate of drug-likeness (QED) is 0.828. The van der Waals surface area contributed by atoms with Gasteiger partial charge in [-0.25, -0.2) is 0 Å². The third kappa shape index (κ3) is 4.32. The molecule has 1 aliphatic carbocycles. The zero-order valence-electron chi connectivity index (χ0n) is 11.6. The highest BCUT2D eigenvalue weighted by molar-refractivity contribution is 6.30. The predicted octanol–water partition coefficient (Wildman–Crippen LogP) is 4.61. The molecule has 20 heavy (non-hydrogen) atoms. The van der Waals surface area contributed by atoms with Gasteiger partial charge in [-0.3, -0.25) is 0 Å². The Morgan fingerprint density at radius 1 is 1.35 bits per heavy atom. The van der Waals surface area contributed by atoms with Crippen molar-refractivity contribution in [3.63, 3.8) is 0 Å². The van der Waals surface area contributed by atoms with Crippen LogP contribution in [0.25, 0.3) is 0 Å². The Balaban J connectivity index is 1.95. The summed E-state index contributed by atoms with van der Waals surface area (Å²) in [5.41, 5.74) is 0.988. The van der Waals surface area contributed by atoms with Crippen LogP contribution in [0.5, 0.6) is 5.75 Å². The minimum absolute atomic E-state index is 0.188. The SMILES string of the molecule is CC1(CNCc2cc(Cl)ccc2OC(F)F)CCCC1. The van der Waals surface area contributed by atoms with Crippen molar-refractivity contribution in [2.75, 3.05) is 6.54 Å². The van der Waals surface area contributed by atoms with E-state index in [1.54, 1.807) is 12.1 Å². The van der Waals surface area contributed by atoms with Crippen LogP contribution in [0.4, 0.5) is 8.78 Å². The Morgan fingerprint density at radius 3 is 2.70 bits per heavy atom. The van der Waals surface area contributed by atoms with Gasteiger partial charge in [0.05, 0.1) is 0 Å². The summed E-state index contributed by atoms with van der Waals surface area (Å²) in [6.07, 6.45) is 4.98. The van der Waals surface area contributed by atoms with E-state index in [0.717, 1.165) is 6.54 Å². The zero-order valence-corrected chi connectivity index (χ0v) is 12.4. The van der Waals surface area contributed by atoms with Crippen molar-refractivity contribution in [1.82, 2.24) is 5.32 Å². The molecule has 0 heterocycles. The Bertz CT molecular complexity index is 447. The van der Waals surface area contributed by atoms with Crippen molar-refractivity contribution in [1.29, 1.82) is 0 Å². The number of halogens is 3. The fourth-order valence-corrected chi connectivity index (χ4v) is 3.00. The highest BCUT2D eigenvalue weighted by atomic mass is 35.5. The van der Waals surface area contributed by atoms with E-state index in [1.807, 2.05) is 0 Å². The lowest BCUT2D eigenvalue weighted by atomic mass is 9.89. The lowest BCUT2D eigenvalue weighted by Gasteiger charge is -2.24. The van der Waals surface area contributed by atoms with Crippen molar-refractivity contribution in [2.45, 2.75) is 45.8 Å². The number of hydrogen-bond donors (Lipinski definition) is 1. The van der Waals surface area contributed by atoms with Crippen molar-refractivity contribution in [3.8, 4) is 5.75 Å². The number of alkyl halides is 2. The highest BCUT2D eigenvalue weighted by Crippen LogP contribution is 2.36. The first-order chi connectivity index (χ1) is 9.48. The summed E-state index contributed by atoms with van der Waals surface area (Å²) in [5.74, 6) is 0.188. The number of rotatable bonds is 6. The molecule has 5 heteroatoms. The van der Waals surface area contributed by atoms with E-state index in [0.29, 0.717) is 22.5 Å². The van der Waals surface area contributed by atoms with E-state index in [9.17, 15) is 8.78 Å². The van der Waals surface area contributed by atoms with E-state index < -0.39 is 6.61 Å². The second kappa shape index (κ2) is 6.72. The predicted molar refractivity (Wildman–Crippen MR) is 76.4 cm³/mol. The average molecular weight is 304 g/mol. The number of hydrogen-bond acceptors (Lipinski definition) is 2. The summed E-state index contributed by atoms with van der Waals surface area (Å²) in [6, 6.07) is 4.72. The molecule has 2 nitrogen and oxygen atoms in total. The molecule has 112 valence electrons. The van der Waals surface area contributed by atoms with Crippen LogP contribution in [-0.4, -0.2) is 13.2 Å². The normalized spacial score (nSPS) is 17.6. The van der Waals surface area contributed by atoms with Crippen molar-refractivity contribution in [3.05, 3.63) is 28.8 Å². The van der Waals surface area contributed by atoms with Crippen LogP contribution in [0.2, 0.25) is 5.02 Å².